The molecule has 0 bridgehead atoms. The molecule has 0 amide bonds. The Morgan fingerprint density at radius 3 is 2.11 bits per heavy atom. The SMILES string of the molecule is Bc1ccc2c3c(c4c(c2c1)OC(c1ccc(O)cc1)(c1ccc(-c2ccccc2)cc1)C=C4)C(C)(C)c1cc(C)ccc1-3. The lowest BCUT2D eigenvalue weighted by Crippen LogP contribution is -2.35. The Balaban J connectivity index is 1.39. The molecule has 1 N–H and O–H groups in total. The van der Waals surface area contributed by atoms with Crippen LogP contribution < -0.4 is 10.2 Å². The van der Waals surface area contributed by atoms with Crippen molar-refractivity contribution in [3.8, 4) is 33.8 Å². The van der Waals surface area contributed by atoms with Gasteiger partial charge in [0.15, 0.2) is 5.60 Å². The molecule has 2 nitrogen and oxygen atoms in total. The smallest absolute Gasteiger partial charge is 0.178 e. The predicted molar refractivity (Wildman–Crippen MR) is 185 cm³/mol. The summed E-state index contributed by atoms with van der Waals surface area (Å²) in [4.78, 5) is 0. The summed E-state index contributed by atoms with van der Waals surface area (Å²) < 4.78 is 7.42. The van der Waals surface area contributed by atoms with Gasteiger partial charge in [-0.15, -0.1) is 0 Å². The van der Waals surface area contributed by atoms with Crippen LogP contribution in [0.15, 0.2) is 121 Å². The van der Waals surface area contributed by atoms with Gasteiger partial charge in [-0.2, -0.15) is 0 Å². The maximum Gasteiger partial charge on any atom is 0.178 e. The molecule has 8 rings (SSSR count). The van der Waals surface area contributed by atoms with Crippen molar-refractivity contribution < 1.29 is 9.84 Å². The van der Waals surface area contributed by atoms with Crippen LogP contribution in [-0.4, -0.2) is 13.0 Å². The monoisotopic (exact) mass is 568 g/mol. The third kappa shape index (κ3) is 3.82. The van der Waals surface area contributed by atoms with Crippen LogP contribution in [0.4, 0.5) is 0 Å². The molecule has 6 aromatic carbocycles. The van der Waals surface area contributed by atoms with Crippen LogP contribution in [0.5, 0.6) is 11.5 Å². The summed E-state index contributed by atoms with van der Waals surface area (Å²) in [6.45, 7) is 6.86. The molecular formula is C41H33BO2. The van der Waals surface area contributed by atoms with Crippen molar-refractivity contribution in [3.05, 3.63) is 155 Å². The van der Waals surface area contributed by atoms with E-state index in [-0.39, 0.29) is 11.2 Å². The highest BCUT2D eigenvalue weighted by Gasteiger charge is 2.44. The van der Waals surface area contributed by atoms with Crippen LogP contribution in [0, 0.1) is 6.92 Å². The number of ether oxygens (including phenoxy) is 1. The topological polar surface area (TPSA) is 29.5 Å². The fourth-order valence-electron chi connectivity index (χ4n) is 7.44. The van der Waals surface area contributed by atoms with E-state index in [2.05, 4.69) is 126 Å². The maximum absolute atomic E-state index is 10.2. The fourth-order valence-corrected chi connectivity index (χ4v) is 7.44. The Labute approximate surface area is 259 Å². The summed E-state index contributed by atoms with van der Waals surface area (Å²) in [6, 6.07) is 40.2. The highest BCUT2D eigenvalue weighted by molar-refractivity contribution is 6.33. The molecule has 1 aliphatic heterocycles. The molecule has 0 aromatic heterocycles. The van der Waals surface area contributed by atoms with E-state index in [0.29, 0.717) is 0 Å². The Bertz CT molecular complexity index is 2120. The van der Waals surface area contributed by atoms with Crippen LogP contribution in [0.1, 0.15) is 47.2 Å². The number of hydrogen-bond acceptors (Lipinski definition) is 2. The number of phenols is 1. The van der Waals surface area contributed by atoms with Gasteiger partial charge in [0, 0.05) is 27.5 Å². The zero-order valence-corrected chi connectivity index (χ0v) is 25.5. The minimum absolute atomic E-state index is 0.191. The molecule has 44 heavy (non-hydrogen) atoms. The zero-order valence-electron chi connectivity index (χ0n) is 25.5. The van der Waals surface area contributed by atoms with E-state index in [1.807, 2.05) is 18.2 Å². The number of aryl methyl sites for hydroxylation is 1. The minimum atomic E-state index is -0.882. The zero-order chi connectivity index (χ0) is 30.2. The molecule has 1 heterocycles. The quantitative estimate of drug-likeness (QED) is 0.217. The van der Waals surface area contributed by atoms with Crippen LogP contribution in [0.25, 0.3) is 39.1 Å². The first-order valence-electron chi connectivity index (χ1n) is 15.3. The van der Waals surface area contributed by atoms with E-state index >= 15 is 0 Å². The average molecular weight is 569 g/mol. The lowest BCUT2D eigenvalue weighted by Gasteiger charge is -2.38. The third-order valence-electron chi connectivity index (χ3n) is 9.66. The summed E-state index contributed by atoms with van der Waals surface area (Å²) in [5.41, 5.74) is 12.2. The molecule has 3 heteroatoms. The van der Waals surface area contributed by atoms with Crippen molar-refractivity contribution >= 4 is 30.2 Å². The molecule has 0 fully saturated rings. The number of hydrogen-bond donors (Lipinski definition) is 1. The summed E-state index contributed by atoms with van der Waals surface area (Å²) in [6.07, 6.45) is 4.50. The van der Waals surface area contributed by atoms with Crippen LogP contribution in [0.2, 0.25) is 0 Å². The van der Waals surface area contributed by atoms with E-state index < -0.39 is 5.60 Å². The Kier molecular flexibility index (Phi) is 5.74. The van der Waals surface area contributed by atoms with Crippen molar-refractivity contribution in [1.29, 1.82) is 0 Å². The van der Waals surface area contributed by atoms with Gasteiger partial charge < -0.3 is 9.84 Å². The highest BCUT2D eigenvalue weighted by atomic mass is 16.5. The Morgan fingerprint density at radius 2 is 1.39 bits per heavy atom. The molecule has 0 radical (unpaired) electrons. The second-order valence-corrected chi connectivity index (χ2v) is 12.9. The number of benzene rings is 6. The van der Waals surface area contributed by atoms with E-state index in [1.54, 1.807) is 12.1 Å². The first-order valence-corrected chi connectivity index (χ1v) is 15.3. The first-order chi connectivity index (χ1) is 21.3. The number of fused-ring (bicyclic) bond motifs is 8. The van der Waals surface area contributed by atoms with Gasteiger partial charge in [-0.1, -0.05) is 134 Å². The van der Waals surface area contributed by atoms with Gasteiger partial charge in [-0.25, -0.2) is 0 Å². The van der Waals surface area contributed by atoms with Crippen molar-refractivity contribution in [2.75, 3.05) is 0 Å². The van der Waals surface area contributed by atoms with Crippen LogP contribution in [-0.2, 0) is 11.0 Å². The predicted octanol–water partition coefficient (Wildman–Crippen LogP) is 8.43. The number of phenolic OH excluding ortho intramolecular Hbond substituents is 1. The normalized spacial score (nSPS) is 17.5. The molecule has 6 aromatic rings. The van der Waals surface area contributed by atoms with Gasteiger partial charge >= 0.3 is 0 Å². The minimum Gasteiger partial charge on any atom is -0.508 e. The number of aromatic hydroxyl groups is 1. The third-order valence-corrected chi connectivity index (χ3v) is 9.66. The molecule has 2 aliphatic rings. The van der Waals surface area contributed by atoms with E-state index in [9.17, 15) is 5.11 Å². The molecule has 0 spiro atoms. The Hall–Kier alpha value is -5.02. The van der Waals surface area contributed by atoms with Crippen LogP contribution in [0.3, 0.4) is 0 Å². The van der Waals surface area contributed by atoms with Gasteiger partial charge in [0.2, 0.25) is 0 Å². The van der Waals surface area contributed by atoms with Crippen LogP contribution >= 0.6 is 0 Å². The van der Waals surface area contributed by atoms with Gasteiger partial charge in [-0.3, -0.25) is 0 Å². The molecule has 1 aliphatic carbocycles. The first kappa shape index (κ1) is 26.6. The lowest BCUT2D eigenvalue weighted by molar-refractivity contribution is 0.163. The molecule has 1 atom stereocenters. The lowest BCUT2D eigenvalue weighted by atomic mass is 9.76. The largest absolute Gasteiger partial charge is 0.508 e. The second-order valence-electron chi connectivity index (χ2n) is 12.9. The summed E-state index contributed by atoms with van der Waals surface area (Å²) in [5, 5.41) is 12.6. The molecule has 0 saturated carbocycles. The molecule has 212 valence electrons. The Morgan fingerprint density at radius 1 is 0.705 bits per heavy atom. The van der Waals surface area contributed by atoms with Crippen molar-refractivity contribution in [2.24, 2.45) is 0 Å². The average Bonchev–Trinajstić information content (AvgIpc) is 3.27. The van der Waals surface area contributed by atoms with Gasteiger partial charge in [-0.05, 0) is 63.9 Å². The fraction of sp³-hybridized carbons (Fsp3) is 0.122. The molecular weight excluding hydrogens is 535 g/mol. The van der Waals surface area contributed by atoms with E-state index in [1.165, 1.54) is 44.2 Å². The second kappa shape index (κ2) is 9.49. The van der Waals surface area contributed by atoms with Gasteiger partial charge in [0.25, 0.3) is 0 Å². The highest BCUT2D eigenvalue weighted by Crippen LogP contribution is 2.58. The molecule has 0 saturated heterocycles. The summed E-state index contributed by atoms with van der Waals surface area (Å²) >= 11 is 0. The van der Waals surface area contributed by atoms with Gasteiger partial charge in [0.05, 0.1) is 0 Å². The molecule has 1 unspecified atom stereocenters. The van der Waals surface area contributed by atoms with Crippen molar-refractivity contribution in [2.45, 2.75) is 31.8 Å². The maximum atomic E-state index is 10.2. The van der Waals surface area contributed by atoms with Crippen molar-refractivity contribution in [3.63, 3.8) is 0 Å². The number of rotatable bonds is 3. The van der Waals surface area contributed by atoms with E-state index in [4.69, 9.17) is 4.74 Å². The van der Waals surface area contributed by atoms with Crippen molar-refractivity contribution in [1.82, 2.24) is 0 Å². The standard InChI is InChI=1S/C41H33BO2/c1-25-9-19-33-36(23-25)40(2,3)38-34-21-22-41(29-14-17-31(43)18-15-29,28-12-10-27(11-13-28)26-7-5-4-6-8-26)44-39(34)35-24-30(42)16-20-32(35)37(33)38/h4-24,43H,42H2,1-3H3. The summed E-state index contributed by atoms with van der Waals surface area (Å²) in [7, 11) is 2.15. The summed E-state index contributed by atoms with van der Waals surface area (Å²) in [5.74, 6) is 1.14. The van der Waals surface area contributed by atoms with Gasteiger partial charge in [0.1, 0.15) is 19.3 Å². The van der Waals surface area contributed by atoms with E-state index in [0.717, 1.165) is 33.4 Å².